The van der Waals surface area contributed by atoms with Crippen LogP contribution in [0.4, 0.5) is 4.79 Å². The summed E-state index contributed by atoms with van der Waals surface area (Å²) in [5.74, 6) is 0. The molecule has 0 aliphatic heterocycles. The van der Waals surface area contributed by atoms with Gasteiger partial charge in [0.05, 0.1) is 22.9 Å². The van der Waals surface area contributed by atoms with Crippen molar-refractivity contribution >= 4 is 17.7 Å². The van der Waals surface area contributed by atoms with Crippen molar-refractivity contribution in [3.05, 3.63) is 88.6 Å². The first kappa shape index (κ1) is 20.4. The maximum absolute atomic E-state index is 12.3. The topological polar surface area (TPSA) is 75.0 Å². The molecule has 1 N–H and O–H groups in total. The van der Waals surface area contributed by atoms with Crippen molar-refractivity contribution in [3.63, 3.8) is 0 Å². The van der Waals surface area contributed by atoms with Crippen molar-refractivity contribution in [2.75, 3.05) is 0 Å². The van der Waals surface area contributed by atoms with Gasteiger partial charge in [0.25, 0.3) is 0 Å². The first-order valence-electron chi connectivity index (χ1n) is 9.05. The molecule has 0 saturated carbocycles. The number of aromatic nitrogens is 1. The monoisotopic (exact) mass is 405 g/mol. The number of ether oxygens (including phenoxy) is 1. The van der Waals surface area contributed by atoms with Gasteiger partial charge < -0.3 is 10.1 Å². The van der Waals surface area contributed by atoms with Gasteiger partial charge >= 0.3 is 6.09 Å². The van der Waals surface area contributed by atoms with E-state index >= 15 is 0 Å². The van der Waals surface area contributed by atoms with E-state index in [1.54, 1.807) is 18.2 Å². The number of amides is 1. The summed E-state index contributed by atoms with van der Waals surface area (Å²) < 4.78 is 5.33. The van der Waals surface area contributed by atoms with E-state index < -0.39 is 11.6 Å². The van der Waals surface area contributed by atoms with Crippen LogP contribution in [0.1, 0.15) is 30.5 Å². The van der Waals surface area contributed by atoms with Crippen molar-refractivity contribution in [1.29, 1.82) is 5.26 Å². The number of alkyl carbamates (subject to hydrolysis) is 1. The summed E-state index contributed by atoms with van der Waals surface area (Å²) >= 11 is 6.23. The van der Waals surface area contributed by atoms with E-state index in [1.165, 1.54) is 0 Å². The number of carbonyl (C=O) groups excluding carboxylic acids is 1. The molecule has 0 fully saturated rings. The predicted molar refractivity (Wildman–Crippen MR) is 112 cm³/mol. The zero-order valence-electron chi connectivity index (χ0n) is 16.1. The highest BCUT2D eigenvalue weighted by molar-refractivity contribution is 6.29. The zero-order valence-corrected chi connectivity index (χ0v) is 16.9. The van der Waals surface area contributed by atoms with Crippen LogP contribution in [-0.2, 0) is 16.9 Å². The minimum absolute atomic E-state index is 0.191. The summed E-state index contributed by atoms with van der Waals surface area (Å²) in [4.78, 5) is 16.7. The van der Waals surface area contributed by atoms with Crippen LogP contribution >= 0.6 is 11.6 Å². The van der Waals surface area contributed by atoms with Crippen LogP contribution in [-0.4, -0.2) is 11.1 Å². The molecule has 1 amide bonds. The molecule has 2 aromatic carbocycles. The fourth-order valence-corrected chi connectivity index (χ4v) is 3.02. The molecule has 0 radical (unpaired) electrons. The summed E-state index contributed by atoms with van der Waals surface area (Å²) in [6, 6.07) is 22.2. The van der Waals surface area contributed by atoms with Crippen molar-refractivity contribution in [3.8, 4) is 17.3 Å². The minimum Gasteiger partial charge on any atom is -0.445 e. The number of hydrogen-bond donors (Lipinski definition) is 1. The van der Waals surface area contributed by atoms with Crippen molar-refractivity contribution in [1.82, 2.24) is 10.3 Å². The fraction of sp³-hybridized carbons (Fsp3) is 0.174. The molecular formula is C23H20ClN3O2. The molecule has 146 valence electrons. The maximum atomic E-state index is 12.3. The highest BCUT2D eigenvalue weighted by atomic mass is 35.5. The smallest absolute Gasteiger partial charge is 0.408 e. The Morgan fingerprint density at radius 1 is 1.14 bits per heavy atom. The molecule has 3 aromatic rings. The maximum Gasteiger partial charge on any atom is 0.408 e. The molecule has 5 nitrogen and oxygen atoms in total. The molecule has 3 rings (SSSR count). The second-order valence-electron chi connectivity index (χ2n) is 7.06. The van der Waals surface area contributed by atoms with E-state index in [-0.39, 0.29) is 6.61 Å². The number of halogens is 1. The molecule has 29 heavy (non-hydrogen) atoms. The van der Waals surface area contributed by atoms with Gasteiger partial charge in [0, 0.05) is 5.56 Å². The first-order valence-corrected chi connectivity index (χ1v) is 9.42. The second-order valence-corrected chi connectivity index (χ2v) is 7.45. The molecule has 0 aliphatic rings. The van der Waals surface area contributed by atoms with Crippen molar-refractivity contribution in [2.24, 2.45) is 0 Å². The third-order valence-corrected chi connectivity index (χ3v) is 4.65. The van der Waals surface area contributed by atoms with Gasteiger partial charge in [0.15, 0.2) is 0 Å². The Balaban J connectivity index is 1.76. The van der Waals surface area contributed by atoms with Gasteiger partial charge in [0.1, 0.15) is 11.8 Å². The molecule has 6 heteroatoms. The van der Waals surface area contributed by atoms with Gasteiger partial charge in [-0.3, -0.25) is 0 Å². The van der Waals surface area contributed by atoms with Crippen molar-refractivity contribution < 1.29 is 9.53 Å². The quantitative estimate of drug-likeness (QED) is 0.574. The van der Waals surface area contributed by atoms with Crippen LogP contribution in [0.5, 0.6) is 0 Å². The van der Waals surface area contributed by atoms with Crippen LogP contribution < -0.4 is 5.32 Å². The zero-order chi connectivity index (χ0) is 20.9. The van der Waals surface area contributed by atoms with Crippen LogP contribution in [0.25, 0.3) is 11.3 Å². The second kappa shape index (κ2) is 8.76. The Hall–Kier alpha value is -3.36. The Morgan fingerprint density at radius 2 is 1.83 bits per heavy atom. The van der Waals surface area contributed by atoms with Crippen LogP contribution in [0.2, 0.25) is 5.15 Å². The van der Waals surface area contributed by atoms with Crippen LogP contribution in [0.3, 0.4) is 0 Å². The number of hydrogen-bond acceptors (Lipinski definition) is 4. The fourth-order valence-electron chi connectivity index (χ4n) is 2.81. The molecule has 1 aromatic heterocycles. The molecule has 0 aliphatic carbocycles. The van der Waals surface area contributed by atoms with Gasteiger partial charge in [-0.25, -0.2) is 9.78 Å². The summed E-state index contributed by atoms with van der Waals surface area (Å²) in [7, 11) is 0. The summed E-state index contributed by atoms with van der Waals surface area (Å²) in [5.41, 5.74) is 3.02. The first-order chi connectivity index (χ1) is 13.9. The molecular weight excluding hydrogens is 386 g/mol. The summed E-state index contributed by atoms with van der Waals surface area (Å²) in [6.07, 6.45) is -0.522. The molecule has 1 heterocycles. The highest BCUT2D eigenvalue weighted by Crippen LogP contribution is 2.28. The average Bonchev–Trinajstić information content (AvgIpc) is 2.72. The number of carbonyl (C=O) groups is 1. The molecule has 0 unspecified atom stereocenters. The molecule has 0 bridgehead atoms. The van der Waals surface area contributed by atoms with E-state index in [0.29, 0.717) is 16.4 Å². The summed E-state index contributed by atoms with van der Waals surface area (Å²) in [5, 5.41) is 12.1. The molecule has 0 atom stereocenters. The lowest BCUT2D eigenvalue weighted by Crippen LogP contribution is -2.41. The van der Waals surface area contributed by atoms with Gasteiger partial charge in [0.2, 0.25) is 0 Å². The lowest BCUT2D eigenvalue weighted by molar-refractivity contribution is 0.129. The van der Waals surface area contributed by atoms with Crippen molar-refractivity contribution in [2.45, 2.75) is 26.0 Å². The average molecular weight is 406 g/mol. The normalized spacial score (nSPS) is 10.8. The third-order valence-electron chi connectivity index (χ3n) is 4.45. The molecule has 0 saturated heterocycles. The third kappa shape index (κ3) is 5.34. The number of nitrogens with zero attached hydrogens (tertiary/aromatic N) is 2. The lowest BCUT2D eigenvalue weighted by atomic mass is 9.93. The number of nitrogens with one attached hydrogen (secondary N) is 1. The molecule has 0 spiro atoms. The van der Waals surface area contributed by atoms with E-state index in [4.69, 9.17) is 21.6 Å². The van der Waals surface area contributed by atoms with Gasteiger partial charge in [-0.15, -0.1) is 0 Å². The largest absolute Gasteiger partial charge is 0.445 e. The van der Waals surface area contributed by atoms with E-state index in [2.05, 4.69) is 16.4 Å². The lowest BCUT2D eigenvalue weighted by Gasteiger charge is -2.27. The highest BCUT2D eigenvalue weighted by Gasteiger charge is 2.25. The van der Waals surface area contributed by atoms with Gasteiger partial charge in [-0.1, -0.05) is 54.1 Å². The SMILES string of the molecule is CC(C)(NC(=O)OCc1ccccc1)c1cc(Cl)nc(-c2ccc(C#N)cc2)c1. The van der Waals surface area contributed by atoms with E-state index in [1.807, 2.05) is 62.4 Å². The number of nitriles is 1. The minimum atomic E-state index is -0.734. The Labute approximate surface area is 174 Å². The van der Waals surface area contributed by atoms with E-state index in [0.717, 1.165) is 16.7 Å². The summed E-state index contributed by atoms with van der Waals surface area (Å²) in [6.45, 7) is 3.92. The Bertz CT molecular complexity index is 1040. The van der Waals surface area contributed by atoms with Gasteiger partial charge in [-0.2, -0.15) is 5.26 Å². The van der Waals surface area contributed by atoms with Crippen LogP contribution in [0.15, 0.2) is 66.7 Å². The number of pyridine rings is 1. The Kier molecular flexibility index (Phi) is 6.16. The number of benzene rings is 2. The van der Waals surface area contributed by atoms with Crippen LogP contribution in [0, 0.1) is 11.3 Å². The Morgan fingerprint density at radius 3 is 2.48 bits per heavy atom. The number of rotatable bonds is 5. The van der Waals surface area contributed by atoms with Gasteiger partial charge in [-0.05, 0) is 49.2 Å². The standard InChI is InChI=1S/C23H20ClN3O2/c1-23(2,27-22(28)29-15-17-6-4-3-5-7-17)19-12-20(26-21(24)13-19)18-10-8-16(14-25)9-11-18/h3-13H,15H2,1-2H3,(H,27,28). The van der Waals surface area contributed by atoms with E-state index in [9.17, 15) is 4.79 Å². The predicted octanol–water partition coefficient (Wildman–Crippen LogP) is 5.44.